The van der Waals surface area contributed by atoms with Crippen LogP contribution >= 0.6 is 0 Å². The van der Waals surface area contributed by atoms with Gasteiger partial charge in [0.15, 0.2) is 0 Å². The molecule has 1 rings (SSSR count). The lowest BCUT2D eigenvalue weighted by molar-refractivity contribution is -0.137. The van der Waals surface area contributed by atoms with Crippen LogP contribution < -0.4 is 0 Å². The first-order valence-electron chi connectivity index (χ1n) is 5.65. The fourth-order valence-corrected chi connectivity index (χ4v) is 1.58. The second-order valence-electron chi connectivity index (χ2n) is 4.37. The van der Waals surface area contributed by atoms with E-state index < -0.39 is 5.97 Å². The topological polar surface area (TPSA) is 73.4 Å². The third kappa shape index (κ3) is 4.30. The first kappa shape index (κ1) is 13.3. The number of carboxylic acid groups (broad SMARTS) is 1. The van der Waals surface area contributed by atoms with E-state index in [-0.39, 0.29) is 18.9 Å². The molecule has 1 heterocycles. The minimum Gasteiger partial charge on any atom is -0.481 e. The average molecular weight is 238 g/mol. The van der Waals surface area contributed by atoms with Crippen LogP contribution in [0.1, 0.15) is 30.8 Å². The molecular weight excluding hydrogens is 220 g/mol. The standard InChI is InChI=1S/C12H18N2O3/c1-9(2)8-14(7-5-11(15)16)12(17)10-4-3-6-13-10/h3-4,6,9,13H,5,7-8H2,1-2H3,(H,15,16). The van der Waals surface area contributed by atoms with Crippen molar-refractivity contribution in [1.29, 1.82) is 0 Å². The van der Waals surface area contributed by atoms with E-state index in [2.05, 4.69) is 4.98 Å². The molecule has 1 aromatic rings. The van der Waals surface area contributed by atoms with Crippen LogP contribution in [0.2, 0.25) is 0 Å². The minimum absolute atomic E-state index is 0.0286. The summed E-state index contributed by atoms with van der Waals surface area (Å²) >= 11 is 0. The Kier molecular flexibility index (Phi) is 4.75. The lowest BCUT2D eigenvalue weighted by atomic mass is 10.2. The number of carboxylic acids is 1. The molecule has 0 aromatic carbocycles. The van der Waals surface area contributed by atoms with E-state index in [1.54, 1.807) is 23.2 Å². The summed E-state index contributed by atoms with van der Waals surface area (Å²) in [6, 6.07) is 3.44. The molecule has 0 bridgehead atoms. The van der Waals surface area contributed by atoms with Gasteiger partial charge >= 0.3 is 5.97 Å². The summed E-state index contributed by atoms with van der Waals surface area (Å²) in [5.74, 6) is -0.731. The SMILES string of the molecule is CC(C)CN(CCC(=O)O)C(=O)c1ccc[nH]1. The van der Waals surface area contributed by atoms with Crippen LogP contribution in [0.4, 0.5) is 0 Å². The summed E-state index contributed by atoms with van der Waals surface area (Å²) in [4.78, 5) is 27.0. The van der Waals surface area contributed by atoms with Gasteiger partial charge in [-0.3, -0.25) is 9.59 Å². The average Bonchev–Trinajstić information content (AvgIpc) is 2.75. The number of amides is 1. The van der Waals surface area contributed by atoms with Gasteiger partial charge in [-0.1, -0.05) is 13.8 Å². The molecular formula is C12H18N2O3. The quantitative estimate of drug-likeness (QED) is 0.790. The number of rotatable bonds is 6. The smallest absolute Gasteiger partial charge is 0.305 e. The zero-order valence-corrected chi connectivity index (χ0v) is 10.1. The number of carbonyl (C=O) groups is 2. The molecule has 0 spiro atoms. The Morgan fingerprint density at radius 1 is 1.47 bits per heavy atom. The first-order valence-corrected chi connectivity index (χ1v) is 5.65. The molecule has 5 heteroatoms. The number of nitrogens with one attached hydrogen (secondary N) is 1. The normalized spacial score (nSPS) is 10.5. The molecule has 0 radical (unpaired) electrons. The number of carbonyl (C=O) groups excluding carboxylic acids is 1. The molecule has 0 fully saturated rings. The van der Waals surface area contributed by atoms with E-state index in [9.17, 15) is 9.59 Å². The maximum atomic E-state index is 12.1. The Balaban J connectivity index is 2.68. The van der Waals surface area contributed by atoms with E-state index in [1.165, 1.54) is 0 Å². The van der Waals surface area contributed by atoms with Gasteiger partial charge in [-0.15, -0.1) is 0 Å². The molecule has 17 heavy (non-hydrogen) atoms. The molecule has 94 valence electrons. The molecule has 0 saturated carbocycles. The minimum atomic E-state index is -0.891. The number of aliphatic carboxylic acids is 1. The van der Waals surface area contributed by atoms with Crippen molar-refractivity contribution in [2.45, 2.75) is 20.3 Å². The van der Waals surface area contributed by atoms with E-state index in [0.717, 1.165) is 0 Å². The summed E-state index contributed by atoms with van der Waals surface area (Å²) in [6.45, 7) is 4.79. The van der Waals surface area contributed by atoms with Crippen molar-refractivity contribution in [3.8, 4) is 0 Å². The Hall–Kier alpha value is -1.78. The summed E-state index contributed by atoms with van der Waals surface area (Å²) < 4.78 is 0. The Labute approximate surface area is 100 Å². The zero-order chi connectivity index (χ0) is 12.8. The van der Waals surface area contributed by atoms with Crippen LogP contribution in [0.15, 0.2) is 18.3 Å². The summed E-state index contributed by atoms with van der Waals surface area (Å²) in [5.41, 5.74) is 0.496. The van der Waals surface area contributed by atoms with Crippen molar-refractivity contribution >= 4 is 11.9 Å². The third-order valence-electron chi connectivity index (χ3n) is 2.30. The van der Waals surface area contributed by atoms with Gasteiger partial charge in [-0.2, -0.15) is 0 Å². The van der Waals surface area contributed by atoms with Gasteiger partial charge < -0.3 is 15.0 Å². The number of aromatic amines is 1. The lowest BCUT2D eigenvalue weighted by Gasteiger charge is -2.23. The van der Waals surface area contributed by atoms with Gasteiger partial charge in [0.1, 0.15) is 5.69 Å². The van der Waals surface area contributed by atoms with Gasteiger partial charge in [0, 0.05) is 19.3 Å². The third-order valence-corrected chi connectivity index (χ3v) is 2.30. The van der Waals surface area contributed by atoms with Crippen LogP contribution in [0.5, 0.6) is 0 Å². The van der Waals surface area contributed by atoms with Gasteiger partial charge in [0.2, 0.25) is 0 Å². The molecule has 0 aliphatic rings. The highest BCUT2D eigenvalue weighted by atomic mass is 16.4. The highest BCUT2D eigenvalue weighted by Gasteiger charge is 2.18. The molecule has 2 N–H and O–H groups in total. The van der Waals surface area contributed by atoms with Crippen molar-refractivity contribution < 1.29 is 14.7 Å². The molecule has 0 aliphatic carbocycles. The zero-order valence-electron chi connectivity index (χ0n) is 10.1. The molecule has 0 unspecified atom stereocenters. The summed E-state index contributed by atoms with van der Waals surface area (Å²) in [7, 11) is 0. The largest absolute Gasteiger partial charge is 0.481 e. The number of H-pyrrole nitrogens is 1. The fourth-order valence-electron chi connectivity index (χ4n) is 1.58. The van der Waals surface area contributed by atoms with E-state index >= 15 is 0 Å². The van der Waals surface area contributed by atoms with E-state index in [4.69, 9.17) is 5.11 Å². The molecule has 1 aromatic heterocycles. The van der Waals surface area contributed by atoms with Crippen LogP contribution in [0, 0.1) is 5.92 Å². The second-order valence-corrected chi connectivity index (χ2v) is 4.37. The van der Waals surface area contributed by atoms with Gasteiger partial charge in [-0.05, 0) is 18.1 Å². The van der Waals surface area contributed by atoms with Gasteiger partial charge in [0.05, 0.1) is 6.42 Å². The predicted molar refractivity (Wildman–Crippen MR) is 63.8 cm³/mol. The lowest BCUT2D eigenvalue weighted by Crippen LogP contribution is -2.36. The van der Waals surface area contributed by atoms with Gasteiger partial charge in [0.25, 0.3) is 5.91 Å². The Morgan fingerprint density at radius 3 is 2.65 bits per heavy atom. The van der Waals surface area contributed by atoms with Crippen molar-refractivity contribution in [2.75, 3.05) is 13.1 Å². The molecule has 0 aliphatic heterocycles. The monoisotopic (exact) mass is 238 g/mol. The first-order chi connectivity index (χ1) is 8.00. The Bertz CT molecular complexity index is 371. The van der Waals surface area contributed by atoms with Crippen LogP contribution in [0.3, 0.4) is 0 Å². The van der Waals surface area contributed by atoms with E-state index in [1.807, 2.05) is 13.8 Å². The van der Waals surface area contributed by atoms with Crippen LogP contribution in [-0.4, -0.2) is 40.0 Å². The van der Waals surface area contributed by atoms with E-state index in [0.29, 0.717) is 18.2 Å². The molecule has 1 amide bonds. The maximum absolute atomic E-state index is 12.1. The number of nitrogens with zero attached hydrogens (tertiary/aromatic N) is 1. The van der Waals surface area contributed by atoms with Crippen molar-refractivity contribution in [3.63, 3.8) is 0 Å². The van der Waals surface area contributed by atoms with Crippen molar-refractivity contribution in [1.82, 2.24) is 9.88 Å². The van der Waals surface area contributed by atoms with Crippen molar-refractivity contribution in [2.24, 2.45) is 5.92 Å². The maximum Gasteiger partial charge on any atom is 0.305 e. The number of hydrogen-bond acceptors (Lipinski definition) is 2. The molecule has 5 nitrogen and oxygen atoms in total. The number of hydrogen-bond donors (Lipinski definition) is 2. The van der Waals surface area contributed by atoms with Crippen LogP contribution in [0.25, 0.3) is 0 Å². The predicted octanol–water partition coefficient (Wildman–Crippen LogP) is 1.59. The molecule has 0 atom stereocenters. The second kappa shape index (κ2) is 6.08. The summed E-state index contributed by atoms with van der Waals surface area (Å²) in [6.07, 6.45) is 1.65. The van der Waals surface area contributed by atoms with Crippen LogP contribution in [-0.2, 0) is 4.79 Å². The Morgan fingerprint density at radius 2 is 2.18 bits per heavy atom. The highest BCUT2D eigenvalue weighted by molar-refractivity contribution is 5.92. The molecule has 0 saturated heterocycles. The van der Waals surface area contributed by atoms with Crippen molar-refractivity contribution in [3.05, 3.63) is 24.0 Å². The summed E-state index contributed by atoms with van der Waals surface area (Å²) in [5, 5.41) is 8.66. The fraction of sp³-hybridized carbons (Fsp3) is 0.500. The highest BCUT2D eigenvalue weighted by Crippen LogP contribution is 2.06. The van der Waals surface area contributed by atoms with Gasteiger partial charge in [-0.25, -0.2) is 0 Å². The number of aromatic nitrogens is 1.